The van der Waals surface area contributed by atoms with Crippen molar-refractivity contribution in [2.75, 3.05) is 11.1 Å². The molecular weight excluding hydrogens is 427 g/mol. The first-order valence-electron chi connectivity index (χ1n) is 8.99. The zero-order valence-electron chi connectivity index (χ0n) is 15.6. The average molecular weight is 443 g/mol. The van der Waals surface area contributed by atoms with Gasteiger partial charge in [-0.15, -0.1) is 10.2 Å². The maximum atomic E-state index is 14.3. The van der Waals surface area contributed by atoms with E-state index in [9.17, 15) is 9.18 Å². The summed E-state index contributed by atoms with van der Waals surface area (Å²) in [6.07, 6.45) is 1.56. The molecule has 152 valence electrons. The van der Waals surface area contributed by atoms with E-state index >= 15 is 0 Å². The van der Waals surface area contributed by atoms with Crippen molar-refractivity contribution in [1.29, 1.82) is 0 Å². The maximum Gasteiger partial charge on any atom is 0.234 e. The number of halogens is 2. The van der Waals surface area contributed by atoms with E-state index in [1.807, 2.05) is 6.07 Å². The zero-order chi connectivity index (χ0) is 20.9. The van der Waals surface area contributed by atoms with Crippen LogP contribution < -0.4 is 5.32 Å². The Morgan fingerprint density at radius 3 is 2.77 bits per heavy atom. The quantitative estimate of drug-likeness (QED) is 0.402. The molecule has 0 aliphatic carbocycles. The van der Waals surface area contributed by atoms with Crippen LogP contribution in [0.1, 0.15) is 5.76 Å². The van der Waals surface area contributed by atoms with Crippen LogP contribution in [0.5, 0.6) is 0 Å². The standard InChI is InChI=1S/C21H16ClFN4O2S/c22-14-5-3-6-15(11-14)24-19(28)13-30-21-26-25-20(17-8-1-2-9-18(17)23)27(21)12-16-7-4-10-29-16/h1-11H,12-13H2,(H,24,28). The van der Waals surface area contributed by atoms with Crippen molar-refractivity contribution < 1.29 is 13.6 Å². The molecule has 0 bridgehead atoms. The summed E-state index contributed by atoms with van der Waals surface area (Å²) >= 11 is 7.15. The lowest BCUT2D eigenvalue weighted by atomic mass is 10.2. The number of rotatable bonds is 7. The van der Waals surface area contributed by atoms with Gasteiger partial charge in [-0.3, -0.25) is 9.36 Å². The third-order valence-corrected chi connectivity index (χ3v) is 5.37. The first kappa shape index (κ1) is 20.2. The fourth-order valence-corrected chi connectivity index (χ4v) is 3.76. The molecule has 0 saturated carbocycles. The summed E-state index contributed by atoms with van der Waals surface area (Å²) in [5.74, 6) is 0.503. The van der Waals surface area contributed by atoms with Crippen molar-refractivity contribution in [3.8, 4) is 11.4 Å². The van der Waals surface area contributed by atoms with Crippen LogP contribution in [0.3, 0.4) is 0 Å². The highest BCUT2D eigenvalue weighted by Gasteiger charge is 2.19. The van der Waals surface area contributed by atoms with Crippen LogP contribution in [-0.4, -0.2) is 26.4 Å². The molecule has 1 N–H and O–H groups in total. The van der Waals surface area contributed by atoms with Crippen LogP contribution in [0.4, 0.5) is 10.1 Å². The number of amides is 1. The van der Waals surface area contributed by atoms with Crippen molar-refractivity contribution in [1.82, 2.24) is 14.8 Å². The van der Waals surface area contributed by atoms with E-state index in [1.54, 1.807) is 59.4 Å². The summed E-state index contributed by atoms with van der Waals surface area (Å²) in [6.45, 7) is 0.307. The Bertz CT molecular complexity index is 1160. The van der Waals surface area contributed by atoms with Gasteiger partial charge in [0, 0.05) is 10.7 Å². The smallest absolute Gasteiger partial charge is 0.234 e. The lowest BCUT2D eigenvalue weighted by molar-refractivity contribution is -0.113. The normalized spacial score (nSPS) is 10.9. The fraction of sp³-hybridized carbons (Fsp3) is 0.0952. The van der Waals surface area contributed by atoms with Gasteiger partial charge < -0.3 is 9.73 Å². The minimum Gasteiger partial charge on any atom is -0.467 e. The summed E-state index contributed by atoms with van der Waals surface area (Å²) in [4.78, 5) is 12.3. The Morgan fingerprint density at radius 1 is 1.13 bits per heavy atom. The minimum absolute atomic E-state index is 0.0973. The molecule has 0 saturated heterocycles. The van der Waals surface area contributed by atoms with Crippen LogP contribution >= 0.6 is 23.4 Å². The molecule has 6 nitrogen and oxygen atoms in total. The molecule has 0 aliphatic rings. The Kier molecular flexibility index (Phi) is 6.15. The minimum atomic E-state index is -0.402. The van der Waals surface area contributed by atoms with Gasteiger partial charge in [0.25, 0.3) is 0 Å². The van der Waals surface area contributed by atoms with E-state index < -0.39 is 5.82 Å². The molecule has 0 aliphatic heterocycles. The van der Waals surface area contributed by atoms with Gasteiger partial charge in [-0.25, -0.2) is 4.39 Å². The predicted octanol–water partition coefficient (Wildman–Crippen LogP) is 5.11. The number of furan rings is 1. The highest BCUT2D eigenvalue weighted by atomic mass is 35.5. The second-order valence-corrected chi connectivity index (χ2v) is 7.68. The largest absolute Gasteiger partial charge is 0.467 e. The lowest BCUT2D eigenvalue weighted by Gasteiger charge is -2.10. The molecule has 4 rings (SSSR count). The number of benzene rings is 2. The van der Waals surface area contributed by atoms with Gasteiger partial charge in [-0.2, -0.15) is 0 Å². The number of thioether (sulfide) groups is 1. The Labute approximate surface area is 181 Å². The molecule has 0 fully saturated rings. The van der Waals surface area contributed by atoms with Crippen molar-refractivity contribution >= 4 is 35.0 Å². The second-order valence-electron chi connectivity index (χ2n) is 6.30. The molecule has 2 aromatic carbocycles. The monoisotopic (exact) mass is 442 g/mol. The molecule has 0 atom stereocenters. The third kappa shape index (κ3) is 4.72. The van der Waals surface area contributed by atoms with Crippen LogP contribution in [0.25, 0.3) is 11.4 Å². The molecule has 0 spiro atoms. The predicted molar refractivity (Wildman–Crippen MR) is 114 cm³/mol. The summed E-state index contributed by atoms with van der Waals surface area (Å²) in [6, 6.07) is 16.8. The Balaban J connectivity index is 1.55. The Morgan fingerprint density at radius 2 is 2.00 bits per heavy atom. The molecule has 2 aromatic heterocycles. The average Bonchev–Trinajstić information content (AvgIpc) is 3.37. The summed E-state index contributed by atoms with van der Waals surface area (Å²) in [5, 5.41) is 12.1. The van der Waals surface area contributed by atoms with Crippen LogP contribution in [-0.2, 0) is 11.3 Å². The maximum absolute atomic E-state index is 14.3. The van der Waals surface area contributed by atoms with E-state index in [-0.39, 0.29) is 11.7 Å². The summed E-state index contributed by atoms with van der Waals surface area (Å²) in [5.41, 5.74) is 0.934. The van der Waals surface area contributed by atoms with Crippen LogP contribution in [0.2, 0.25) is 5.02 Å². The lowest BCUT2D eigenvalue weighted by Crippen LogP contribution is -2.14. The molecule has 0 radical (unpaired) electrons. The van der Waals surface area contributed by atoms with Gasteiger partial charge in [0.2, 0.25) is 5.91 Å². The van der Waals surface area contributed by atoms with E-state index in [4.69, 9.17) is 16.0 Å². The van der Waals surface area contributed by atoms with Gasteiger partial charge in [-0.1, -0.05) is 41.6 Å². The van der Waals surface area contributed by atoms with Crippen molar-refractivity contribution in [3.05, 3.63) is 83.5 Å². The van der Waals surface area contributed by atoms with Crippen LogP contribution in [0, 0.1) is 5.82 Å². The second kappa shape index (κ2) is 9.15. The number of anilines is 1. The number of carbonyl (C=O) groups is 1. The van der Waals surface area contributed by atoms with Gasteiger partial charge in [0.05, 0.1) is 24.1 Å². The highest BCUT2D eigenvalue weighted by molar-refractivity contribution is 7.99. The van der Waals surface area contributed by atoms with Crippen molar-refractivity contribution in [3.63, 3.8) is 0 Å². The van der Waals surface area contributed by atoms with Gasteiger partial charge >= 0.3 is 0 Å². The molecule has 1 amide bonds. The van der Waals surface area contributed by atoms with E-state index in [0.717, 1.165) is 0 Å². The molecule has 30 heavy (non-hydrogen) atoms. The first-order chi connectivity index (χ1) is 14.6. The number of nitrogens with zero attached hydrogens (tertiary/aromatic N) is 3. The van der Waals surface area contributed by atoms with Gasteiger partial charge in [-0.05, 0) is 42.5 Å². The number of nitrogens with one attached hydrogen (secondary N) is 1. The molecule has 2 heterocycles. The topological polar surface area (TPSA) is 73.0 Å². The highest BCUT2D eigenvalue weighted by Crippen LogP contribution is 2.27. The van der Waals surface area contributed by atoms with Crippen molar-refractivity contribution in [2.45, 2.75) is 11.7 Å². The van der Waals surface area contributed by atoms with E-state index in [0.29, 0.717) is 39.6 Å². The summed E-state index contributed by atoms with van der Waals surface area (Å²) in [7, 11) is 0. The number of aromatic nitrogens is 3. The van der Waals surface area contributed by atoms with Crippen molar-refractivity contribution in [2.24, 2.45) is 0 Å². The summed E-state index contributed by atoms with van der Waals surface area (Å²) < 4.78 is 21.5. The molecule has 4 aromatic rings. The van der Waals surface area contributed by atoms with E-state index in [2.05, 4.69) is 15.5 Å². The SMILES string of the molecule is O=C(CSc1nnc(-c2ccccc2F)n1Cc1ccco1)Nc1cccc(Cl)c1. The van der Waals surface area contributed by atoms with Gasteiger partial charge in [0.1, 0.15) is 11.6 Å². The van der Waals surface area contributed by atoms with E-state index in [1.165, 1.54) is 17.8 Å². The van der Waals surface area contributed by atoms with Crippen LogP contribution in [0.15, 0.2) is 76.5 Å². The zero-order valence-corrected chi connectivity index (χ0v) is 17.2. The Hall–Kier alpha value is -3.10. The molecular formula is C21H16ClFN4O2S. The third-order valence-electron chi connectivity index (χ3n) is 4.17. The number of hydrogen-bond donors (Lipinski definition) is 1. The van der Waals surface area contributed by atoms with Gasteiger partial charge in [0.15, 0.2) is 11.0 Å². The number of hydrogen-bond acceptors (Lipinski definition) is 5. The molecule has 0 unspecified atom stereocenters. The fourth-order valence-electron chi connectivity index (χ4n) is 2.83. The molecule has 9 heteroatoms. The first-order valence-corrected chi connectivity index (χ1v) is 10.4. The number of carbonyl (C=O) groups excluding carboxylic acids is 1.